The zero-order valence-corrected chi connectivity index (χ0v) is 20.8. The molecule has 178 valence electrons. The van der Waals surface area contributed by atoms with Crippen LogP contribution in [-0.4, -0.2) is 12.6 Å². The van der Waals surface area contributed by atoms with Gasteiger partial charge in [0.2, 0.25) is 0 Å². The molecule has 0 N–H and O–H groups in total. The van der Waals surface area contributed by atoms with Crippen molar-refractivity contribution in [1.82, 2.24) is 0 Å². The van der Waals surface area contributed by atoms with Crippen LogP contribution in [0.25, 0.3) is 22.3 Å². The molecule has 0 aliphatic carbocycles. The van der Waals surface area contributed by atoms with Crippen LogP contribution in [-0.2, 0) is 12.8 Å². The highest BCUT2D eigenvalue weighted by Gasteiger charge is 2.20. The second-order valence-electron chi connectivity index (χ2n) is 9.16. The minimum atomic E-state index is 0.529. The van der Waals surface area contributed by atoms with Gasteiger partial charge in [-0.15, -0.1) is 0 Å². The van der Waals surface area contributed by atoms with Crippen molar-refractivity contribution in [3.63, 3.8) is 0 Å². The predicted octanol–water partition coefficient (Wildman–Crippen LogP) is 8.89. The highest BCUT2D eigenvalue weighted by atomic mass is 16.1. The van der Waals surface area contributed by atoms with E-state index >= 15 is 0 Å². The van der Waals surface area contributed by atoms with Crippen LogP contribution in [0.2, 0.25) is 0 Å². The monoisotopic (exact) mass is 454 g/mol. The van der Waals surface area contributed by atoms with Crippen LogP contribution in [0, 0.1) is 0 Å². The van der Waals surface area contributed by atoms with Crippen LogP contribution in [0.3, 0.4) is 0 Å². The Kier molecular flexibility index (Phi) is 10.3. The summed E-state index contributed by atoms with van der Waals surface area (Å²) in [6.45, 7) is 4.43. The Labute approximate surface area is 205 Å². The van der Waals surface area contributed by atoms with Crippen LogP contribution in [0.15, 0.2) is 60.7 Å². The lowest BCUT2D eigenvalue weighted by atomic mass is 9.83. The van der Waals surface area contributed by atoms with Crippen molar-refractivity contribution in [3.8, 4) is 22.3 Å². The Morgan fingerprint density at radius 1 is 0.588 bits per heavy atom. The third-order valence-corrected chi connectivity index (χ3v) is 6.73. The van der Waals surface area contributed by atoms with E-state index in [1.807, 2.05) is 30.3 Å². The van der Waals surface area contributed by atoms with Gasteiger partial charge in [-0.3, -0.25) is 9.59 Å². The summed E-state index contributed by atoms with van der Waals surface area (Å²) in [7, 11) is 0. The van der Waals surface area contributed by atoms with Gasteiger partial charge in [-0.1, -0.05) is 113 Å². The molecular formula is C32H38O2. The molecule has 0 spiro atoms. The van der Waals surface area contributed by atoms with Gasteiger partial charge in [0, 0.05) is 11.1 Å². The molecule has 0 fully saturated rings. The second kappa shape index (κ2) is 13.6. The maximum Gasteiger partial charge on any atom is 0.151 e. The van der Waals surface area contributed by atoms with E-state index in [0.717, 1.165) is 72.5 Å². The van der Waals surface area contributed by atoms with Crippen LogP contribution in [0.1, 0.15) is 97.1 Å². The number of hydrogen-bond donors (Lipinski definition) is 0. The van der Waals surface area contributed by atoms with E-state index in [0.29, 0.717) is 11.1 Å². The summed E-state index contributed by atoms with van der Waals surface area (Å²) < 4.78 is 0. The summed E-state index contributed by atoms with van der Waals surface area (Å²) in [6.07, 6.45) is 12.9. The zero-order valence-electron chi connectivity index (χ0n) is 20.8. The molecule has 0 radical (unpaired) electrons. The molecular weight excluding hydrogens is 416 g/mol. The molecule has 0 saturated carbocycles. The van der Waals surface area contributed by atoms with Gasteiger partial charge in [0.1, 0.15) is 0 Å². The van der Waals surface area contributed by atoms with E-state index in [2.05, 4.69) is 44.2 Å². The van der Waals surface area contributed by atoms with Crippen molar-refractivity contribution in [2.24, 2.45) is 0 Å². The Bertz CT molecular complexity index is 1070. The standard InChI is InChI=1S/C32H38O2/c1-3-5-7-10-18-26-22-30(29-21-15-14-20-27(29)25-16-11-9-12-17-25)32(24-34)31(23-33)28(26)19-13-8-6-4-2/h9,11-12,14-17,20-24H,3-8,10,13,18-19H2,1-2H3. The zero-order chi connectivity index (χ0) is 24.2. The fourth-order valence-electron chi connectivity index (χ4n) is 4.88. The molecule has 2 nitrogen and oxygen atoms in total. The Morgan fingerprint density at radius 3 is 1.79 bits per heavy atom. The number of hydrogen-bond acceptors (Lipinski definition) is 2. The van der Waals surface area contributed by atoms with Crippen molar-refractivity contribution in [3.05, 3.63) is 82.9 Å². The Balaban J connectivity index is 2.14. The SMILES string of the molecule is CCCCCCc1cc(-c2ccccc2-c2ccccc2)c(C=O)c(C=O)c1CCCCCC. The molecule has 3 aromatic rings. The number of carbonyl (C=O) groups is 2. The van der Waals surface area contributed by atoms with E-state index in [-0.39, 0.29) is 0 Å². The fraction of sp³-hybridized carbons (Fsp3) is 0.375. The van der Waals surface area contributed by atoms with Gasteiger partial charge in [0.05, 0.1) is 0 Å². The van der Waals surface area contributed by atoms with Crippen molar-refractivity contribution in [1.29, 1.82) is 0 Å². The first-order chi connectivity index (χ1) is 16.7. The Morgan fingerprint density at radius 2 is 1.18 bits per heavy atom. The van der Waals surface area contributed by atoms with Gasteiger partial charge in [-0.25, -0.2) is 0 Å². The molecule has 0 aliphatic heterocycles. The molecule has 0 bridgehead atoms. The van der Waals surface area contributed by atoms with Crippen molar-refractivity contribution in [2.75, 3.05) is 0 Å². The molecule has 0 heterocycles. The number of aldehydes is 2. The van der Waals surface area contributed by atoms with Crippen molar-refractivity contribution < 1.29 is 9.59 Å². The van der Waals surface area contributed by atoms with Crippen molar-refractivity contribution in [2.45, 2.75) is 78.1 Å². The topological polar surface area (TPSA) is 34.1 Å². The minimum Gasteiger partial charge on any atom is -0.298 e. The highest BCUT2D eigenvalue weighted by Crippen LogP contribution is 2.37. The lowest BCUT2D eigenvalue weighted by Crippen LogP contribution is -2.07. The average molecular weight is 455 g/mol. The van der Waals surface area contributed by atoms with Crippen molar-refractivity contribution >= 4 is 12.6 Å². The maximum atomic E-state index is 12.4. The van der Waals surface area contributed by atoms with E-state index in [4.69, 9.17) is 0 Å². The van der Waals surface area contributed by atoms with E-state index in [1.165, 1.54) is 37.7 Å². The van der Waals surface area contributed by atoms with Gasteiger partial charge in [-0.2, -0.15) is 0 Å². The van der Waals surface area contributed by atoms with Gasteiger partial charge >= 0.3 is 0 Å². The molecule has 0 aliphatic rings. The number of benzene rings is 3. The molecule has 3 rings (SSSR count). The average Bonchev–Trinajstić information content (AvgIpc) is 2.89. The second-order valence-corrected chi connectivity index (χ2v) is 9.16. The van der Waals surface area contributed by atoms with E-state index < -0.39 is 0 Å². The molecule has 0 unspecified atom stereocenters. The third-order valence-electron chi connectivity index (χ3n) is 6.73. The van der Waals surface area contributed by atoms with Crippen LogP contribution in [0.4, 0.5) is 0 Å². The molecule has 34 heavy (non-hydrogen) atoms. The fourth-order valence-corrected chi connectivity index (χ4v) is 4.88. The minimum absolute atomic E-state index is 0.529. The lowest BCUT2D eigenvalue weighted by Gasteiger charge is -2.20. The highest BCUT2D eigenvalue weighted by molar-refractivity contribution is 6.01. The number of aryl methyl sites for hydroxylation is 1. The quantitative estimate of drug-likeness (QED) is 0.180. The first kappa shape index (κ1) is 25.6. The van der Waals surface area contributed by atoms with Crippen LogP contribution >= 0.6 is 0 Å². The lowest BCUT2D eigenvalue weighted by molar-refractivity contribution is 0.109. The smallest absolute Gasteiger partial charge is 0.151 e. The maximum absolute atomic E-state index is 12.4. The van der Waals surface area contributed by atoms with Gasteiger partial charge < -0.3 is 0 Å². The molecule has 0 saturated heterocycles. The summed E-state index contributed by atoms with van der Waals surface area (Å²) in [4.78, 5) is 24.8. The molecule has 0 aromatic heterocycles. The van der Waals surface area contributed by atoms with Gasteiger partial charge in [-0.05, 0) is 59.1 Å². The summed E-state index contributed by atoms with van der Waals surface area (Å²) in [5.74, 6) is 0. The van der Waals surface area contributed by atoms with Gasteiger partial charge in [0.15, 0.2) is 12.6 Å². The summed E-state index contributed by atoms with van der Waals surface area (Å²) in [5, 5.41) is 0. The predicted molar refractivity (Wildman–Crippen MR) is 144 cm³/mol. The number of rotatable bonds is 14. The number of unbranched alkanes of at least 4 members (excludes halogenated alkanes) is 6. The largest absolute Gasteiger partial charge is 0.298 e. The van der Waals surface area contributed by atoms with E-state index in [1.54, 1.807) is 0 Å². The normalized spacial score (nSPS) is 10.9. The first-order valence-corrected chi connectivity index (χ1v) is 13.0. The summed E-state index contributed by atoms with van der Waals surface area (Å²) >= 11 is 0. The summed E-state index contributed by atoms with van der Waals surface area (Å²) in [5.41, 5.74) is 7.51. The summed E-state index contributed by atoms with van der Waals surface area (Å²) in [6, 6.07) is 20.7. The first-order valence-electron chi connectivity index (χ1n) is 13.0. The molecule has 0 amide bonds. The third kappa shape index (κ3) is 6.32. The van der Waals surface area contributed by atoms with Gasteiger partial charge in [0.25, 0.3) is 0 Å². The molecule has 2 heteroatoms. The number of carbonyl (C=O) groups excluding carboxylic acids is 2. The van der Waals surface area contributed by atoms with Crippen LogP contribution < -0.4 is 0 Å². The van der Waals surface area contributed by atoms with E-state index in [9.17, 15) is 9.59 Å². The Hall–Kier alpha value is -3.00. The van der Waals surface area contributed by atoms with Crippen LogP contribution in [0.5, 0.6) is 0 Å². The molecule has 0 atom stereocenters. The molecule has 3 aromatic carbocycles.